The molecule has 2 rings (SSSR count). The molecular formula is C15H18N4O4. The first-order valence-corrected chi connectivity index (χ1v) is 7.13. The van der Waals surface area contributed by atoms with Crippen LogP contribution in [0.4, 0.5) is 0 Å². The number of hydrogen-bond acceptors (Lipinski definition) is 5. The number of H-pyrrole nitrogens is 1. The van der Waals surface area contributed by atoms with Crippen molar-refractivity contribution in [1.29, 1.82) is 0 Å². The van der Waals surface area contributed by atoms with Crippen molar-refractivity contribution in [1.82, 2.24) is 20.8 Å². The highest BCUT2D eigenvalue weighted by atomic mass is 16.5. The Morgan fingerprint density at radius 1 is 1.22 bits per heavy atom. The van der Waals surface area contributed by atoms with Crippen LogP contribution in [0.25, 0.3) is 10.9 Å². The van der Waals surface area contributed by atoms with Crippen molar-refractivity contribution in [2.45, 2.75) is 19.9 Å². The number of rotatable bonds is 6. The van der Waals surface area contributed by atoms with Crippen molar-refractivity contribution < 1.29 is 19.1 Å². The van der Waals surface area contributed by atoms with Crippen LogP contribution in [0.1, 0.15) is 24.3 Å². The van der Waals surface area contributed by atoms with E-state index in [1.165, 1.54) is 0 Å². The van der Waals surface area contributed by atoms with E-state index in [4.69, 9.17) is 4.74 Å². The van der Waals surface area contributed by atoms with Gasteiger partial charge in [0.05, 0.1) is 12.1 Å². The second-order valence-corrected chi connectivity index (χ2v) is 5.19. The highest BCUT2D eigenvalue weighted by Gasteiger charge is 2.16. The van der Waals surface area contributed by atoms with Crippen LogP contribution in [0.3, 0.4) is 0 Å². The molecule has 1 aromatic heterocycles. The Labute approximate surface area is 132 Å². The number of benzene rings is 1. The summed E-state index contributed by atoms with van der Waals surface area (Å²) in [5.74, 6) is -1.57. The highest BCUT2D eigenvalue weighted by molar-refractivity contribution is 6.02. The molecular weight excluding hydrogens is 300 g/mol. The predicted octanol–water partition coefficient (Wildman–Crippen LogP) is 0.361. The molecule has 23 heavy (non-hydrogen) atoms. The van der Waals surface area contributed by atoms with Crippen LogP contribution in [0, 0.1) is 0 Å². The summed E-state index contributed by atoms with van der Waals surface area (Å²) >= 11 is 0. The number of carbonyl (C=O) groups is 3. The fraction of sp³-hybridized carbons (Fsp3) is 0.333. The second-order valence-electron chi connectivity index (χ2n) is 5.19. The molecule has 0 aliphatic rings. The first-order valence-electron chi connectivity index (χ1n) is 7.13. The minimum absolute atomic E-state index is 0.00910. The van der Waals surface area contributed by atoms with Crippen molar-refractivity contribution >= 4 is 28.7 Å². The van der Waals surface area contributed by atoms with E-state index in [0.29, 0.717) is 10.9 Å². The van der Waals surface area contributed by atoms with E-state index >= 15 is 0 Å². The zero-order valence-corrected chi connectivity index (χ0v) is 12.9. The minimum Gasteiger partial charge on any atom is -0.451 e. The number of esters is 1. The Hall–Kier alpha value is -2.90. The Morgan fingerprint density at radius 3 is 2.70 bits per heavy atom. The third-order valence-corrected chi connectivity index (χ3v) is 2.89. The van der Waals surface area contributed by atoms with Gasteiger partial charge in [0.2, 0.25) is 5.91 Å². The molecule has 1 aromatic carbocycles. The molecule has 0 atom stereocenters. The van der Waals surface area contributed by atoms with Gasteiger partial charge in [-0.05, 0) is 19.9 Å². The Balaban J connectivity index is 1.82. The molecule has 0 aliphatic carbocycles. The molecule has 122 valence electrons. The number of carbonyl (C=O) groups excluding carboxylic acids is 3. The number of nitrogens with one attached hydrogen (secondary N) is 3. The maximum absolute atomic E-state index is 11.9. The molecule has 0 spiro atoms. The zero-order valence-electron chi connectivity index (χ0n) is 12.9. The van der Waals surface area contributed by atoms with Crippen LogP contribution < -0.4 is 10.6 Å². The summed E-state index contributed by atoms with van der Waals surface area (Å²) in [4.78, 5) is 34.9. The van der Waals surface area contributed by atoms with E-state index < -0.39 is 18.5 Å². The number of nitrogens with zero attached hydrogens (tertiary/aromatic N) is 1. The quantitative estimate of drug-likeness (QED) is 0.666. The molecule has 0 radical (unpaired) electrons. The molecule has 0 unspecified atom stereocenters. The molecule has 0 saturated carbocycles. The van der Waals surface area contributed by atoms with E-state index in [9.17, 15) is 14.4 Å². The summed E-state index contributed by atoms with van der Waals surface area (Å²) in [6.45, 7) is 2.99. The summed E-state index contributed by atoms with van der Waals surface area (Å²) in [5.41, 5.74) is 0.820. The highest BCUT2D eigenvalue weighted by Crippen LogP contribution is 2.15. The largest absolute Gasteiger partial charge is 0.451 e. The average molecular weight is 318 g/mol. The minimum atomic E-state index is -0.704. The van der Waals surface area contributed by atoms with Crippen LogP contribution in [0.15, 0.2) is 24.3 Å². The van der Waals surface area contributed by atoms with Crippen molar-refractivity contribution in [3.05, 3.63) is 30.0 Å². The molecule has 8 nitrogen and oxygen atoms in total. The topological polar surface area (TPSA) is 113 Å². The van der Waals surface area contributed by atoms with E-state index in [1.807, 2.05) is 19.9 Å². The van der Waals surface area contributed by atoms with E-state index in [-0.39, 0.29) is 24.2 Å². The smallest absolute Gasteiger partial charge is 0.359 e. The van der Waals surface area contributed by atoms with Crippen molar-refractivity contribution in [2.24, 2.45) is 0 Å². The second kappa shape index (κ2) is 7.39. The van der Waals surface area contributed by atoms with Gasteiger partial charge < -0.3 is 15.4 Å². The molecule has 0 aliphatic heterocycles. The normalized spacial score (nSPS) is 10.6. The third kappa shape index (κ3) is 4.53. The number of fused-ring (bicyclic) bond motifs is 1. The summed E-state index contributed by atoms with van der Waals surface area (Å²) in [6.07, 6.45) is 0. The molecule has 3 N–H and O–H groups in total. The van der Waals surface area contributed by atoms with Crippen LogP contribution >= 0.6 is 0 Å². The predicted molar refractivity (Wildman–Crippen MR) is 82.7 cm³/mol. The first-order chi connectivity index (χ1) is 11.0. The Bertz CT molecular complexity index is 723. The van der Waals surface area contributed by atoms with Gasteiger partial charge in [-0.25, -0.2) is 4.79 Å². The molecule has 0 fully saturated rings. The Kier molecular flexibility index (Phi) is 5.29. The van der Waals surface area contributed by atoms with Gasteiger partial charge >= 0.3 is 5.97 Å². The van der Waals surface area contributed by atoms with Crippen LogP contribution in [0.5, 0.6) is 0 Å². The van der Waals surface area contributed by atoms with Gasteiger partial charge in [0.1, 0.15) is 0 Å². The molecule has 2 amide bonds. The van der Waals surface area contributed by atoms with Gasteiger partial charge in [0.25, 0.3) is 5.91 Å². The van der Waals surface area contributed by atoms with Gasteiger partial charge in [-0.15, -0.1) is 0 Å². The van der Waals surface area contributed by atoms with Gasteiger partial charge in [0.15, 0.2) is 12.3 Å². The number of hydrogen-bond donors (Lipinski definition) is 3. The zero-order chi connectivity index (χ0) is 16.8. The van der Waals surface area contributed by atoms with Gasteiger partial charge in [-0.1, -0.05) is 18.2 Å². The molecule has 8 heteroatoms. The van der Waals surface area contributed by atoms with E-state index in [1.54, 1.807) is 18.2 Å². The fourth-order valence-electron chi connectivity index (χ4n) is 1.92. The van der Waals surface area contributed by atoms with Crippen molar-refractivity contribution in [3.8, 4) is 0 Å². The maximum atomic E-state index is 11.9. The van der Waals surface area contributed by atoms with Crippen LogP contribution in [0.2, 0.25) is 0 Å². The molecule has 2 aromatic rings. The number of aromatic amines is 1. The fourth-order valence-corrected chi connectivity index (χ4v) is 1.92. The van der Waals surface area contributed by atoms with Gasteiger partial charge in [-0.2, -0.15) is 5.10 Å². The lowest BCUT2D eigenvalue weighted by molar-refractivity contribution is -0.128. The summed E-state index contributed by atoms with van der Waals surface area (Å²) in [5, 5.41) is 12.2. The lowest BCUT2D eigenvalue weighted by Gasteiger charge is -2.09. The van der Waals surface area contributed by atoms with Gasteiger partial charge in [0, 0.05) is 11.4 Å². The number of amides is 2. The lowest BCUT2D eigenvalue weighted by atomic mass is 10.2. The van der Waals surface area contributed by atoms with Crippen LogP contribution in [-0.4, -0.2) is 47.2 Å². The maximum Gasteiger partial charge on any atom is 0.359 e. The summed E-state index contributed by atoms with van der Waals surface area (Å²) in [6, 6.07) is 7.08. The van der Waals surface area contributed by atoms with Crippen LogP contribution in [-0.2, 0) is 14.3 Å². The van der Waals surface area contributed by atoms with E-state index in [2.05, 4.69) is 20.8 Å². The summed E-state index contributed by atoms with van der Waals surface area (Å²) < 4.78 is 4.90. The number of aromatic nitrogens is 2. The molecule has 0 saturated heterocycles. The first kappa shape index (κ1) is 16.5. The number of para-hydroxylation sites is 1. The standard InChI is InChI=1S/C15H18N4O4/c1-9(2)17-12(20)7-16-13(21)8-23-15(22)14-10-5-3-4-6-11(10)18-19-14/h3-6,9H,7-8H2,1-2H3,(H,16,21)(H,17,20)(H,18,19). The lowest BCUT2D eigenvalue weighted by Crippen LogP contribution is -2.41. The third-order valence-electron chi connectivity index (χ3n) is 2.89. The average Bonchev–Trinajstić information content (AvgIpc) is 2.94. The Morgan fingerprint density at radius 2 is 1.96 bits per heavy atom. The van der Waals surface area contributed by atoms with Crippen molar-refractivity contribution in [2.75, 3.05) is 13.2 Å². The molecule has 0 bridgehead atoms. The SMILES string of the molecule is CC(C)NC(=O)CNC(=O)COC(=O)c1n[nH]c2ccccc12. The monoisotopic (exact) mass is 318 g/mol. The van der Waals surface area contributed by atoms with Gasteiger partial charge in [-0.3, -0.25) is 14.7 Å². The van der Waals surface area contributed by atoms with Crippen molar-refractivity contribution in [3.63, 3.8) is 0 Å². The van der Waals surface area contributed by atoms with E-state index in [0.717, 1.165) is 0 Å². The summed E-state index contributed by atoms with van der Waals surface area (Å²) in [7, 11) is 0. The molecule has 1 heterocycles. The number of ether oxygens (including phenoxy) is 1.